The molecule has 0 fully saturated rings. The van der Waals surface area contributed by atoms with E-state index in [2.05, 4.69) is 17.1 Å². The van der Waals surface area contributed by atoms with Gasteiger partial charge in [0, 0.05) is 17.2 Å². The van der Waals surface area contributed by atoms with E-state index in [1.807, 2.05) is 6.08 Å². The molecule has 5 heteroatoms. The Balaban J connectivity index is 2.24. The van der Waals surface area contributed by atoms with Gasteiger partial charge in [-0.15, -0.1) is 0 Å². The second-order valence-electron chi connectivity index (χ2n) is 3.27. The third-order valence-corrected chi connectivity index (χ3v) is 3.17. The van der Waals surface area contributed by atoms with Crippen LogP contribution in [0.15, 0.2) is 46.5 Å². The van der Waals surface area contributed by atoms with Crippen LogP contribution in [0, 0.1) is 10.1 Å². The van der Waals surface area contributed by atoms with Crippen molar-refractivity contribution in [3.8, 4) is 0 Å². The molecule has 0 bridgehead atoms. The first-order chi connectivity index (χ1) is 7.77. The van der Waals surface area contributed by atoms with Gasteiger partial charge in [-0.05, 0) is 18.9 Å². The van der Waals surface area contributed by atoms with Crippen LogP contribution in [0.25, 0.3) is 0 Å². The molecule has 4 nitrogen and oxygen atoms in total. The Hall–Kier alpha value is -1.62. The Morgan fingerprint density at radius 1 is 1.44 bits per heavy atom. The van der Waals surface area contributed by atoms with Gasteiger partial charge in [0.15, 0.2) is 5.03 Å². The molecule has 1 aliphatic carbocycles. The highest BCUT2D eigenvalue weighted by Crippen LogP contribution is 2.33. The van der Waals surface area contributed by atoms with Crippen LogP contribution in [0.1, 0.15) is 12.8 Å². The molecular weight excluding hydrogens is 224 g/mol. The van der Waals surface area contributed by atoms with E-state index in [4.69, 9.17) is 0 Å². The zero-order valence-electron chi connectivity index (χ0n) is 8.50. The van der Waals surface area contributed by atoms with Crippen LogP contribution in [0.2, 0.25) is 0 Å². The quantitative estimate of drug-likeness (QED) is 0.594. The van der Waals surface area contributed by atoms with E-state index in [9.17, 15) is 10.1 Å². The smallest absolute Gasteiger partial charge is 0.258 e. The lowest BCUT2D eigenvalue weighted by Crippen LogP contribution is -1.93. The standard InChI is InChI=1S/C11H10N2O2S/c14-13(15)10-7-4-8-12-11(10)16-9-5-2-1-3-6-9/h2,4-8H,1,3H2. The van der Waals surface area contributed by atoms with Crippen LogP contribution < -0.4 is 0 Å². The lowest BCUT2D eigenvalue weighted by atomic mass is 10.2. The van der Waals surface area contributed by atoms with E-state index in [1.165, 1.54) is 17.8 Å². The summed E-state index contributed by atoms with van der Waals surface area (Å²) < 4.78 is 0. The molecule has 0 amide bonds. The molecule has 82 valence electrons. The Morgan fingerprint density at radius 2 is 2.31 bits per heavy atom. The molecule has 0 unspecified atom stereocenters. The number of aromatic nitrogens is 1. The van der Waals surface area contributed by atoms with Crippen molar-refractivity contribution in [3.63, 3.8) is 0 Å². The van der Waals surface area contributed by atoms with Crippen molar-refractivity contribution in [2.24, 2.45) is 0 Å². The summed E-state index contributed by atoms with van der Waals surface area (Å²) in [5.41, 5.74) is 0.0624. The predicted molar refractivity (Wildman–Crippen MR) is 63.2 cm³/mol. The van der Waals surface area contributed by atoms with E-state index in [0.717, 1.165) is 17.7 Å². The molecule has 16 heavy (non-hydrogen) atoms. The molecule has 1 heterocycles. The normalized spacial score (nSPS) is 14.6. The Morgan fingerprint density at radius 3 is 3.00 bits per heavy atom. The minimum absolute atomic E-state index is 0.0624. The Kier molecular flexibility index (Phi) is 3.36. The predicted octanol–water partition coefficient (Wildman–Crippen LogP) is 3.32. The number of nitro groups is 1. The van der Waals surface area contributed by atoms with Crippen LogP contribution in [0.5, 0.6) is 0 Å². The molecule has 0 radical (unpaired) electrons. The molecule has 0 spiro atoms. The number of hydrogen-bond acceptors (Lipinski definition) is 4. The lowest BCUT2D eigenvalue weighted by Gasteiger charge is -2.05. The number of nitrogens with zero attached hydrogens (tertiary/aromatic N) is 2. The number of rotatable bonds is 3. The van der Waals surface area contributed by atoms with Crippen LogP contribution >= 0.6 is 11.8 Å². The fourth-order valence-electron chi connectivity index (χ4n) is 1.38. The zero-order valence-corrected chi connectivity index (χ0v) is 9.31. The van der Waals surface area contributed by atoms with Gasteiger partial charge in [0.1, 0.15) is 0 Å². The van der Waals surface area contributed by atoms with Gasteiger partial charge in [-0.2, -0.15) is 0 Å². The third kappa shape index (κ3) is 2.49. The minimum atomic E-state index is -0.400. The maximum Gasteiger partial charge on any atom is 0.301 e. The molecule has 2 rings (SSSR count). The molecule has 1 aromatic rings. The zero-order chi connectivity index (χ0) is 11.4. The topological polar surface area (TPSA) is 56.0 Å². The van der Waals surface area contributed by atoms with Crippen LogP contribution in [0.4, 0.5) is 5.69 Å². The Labute approximate surface area is 97.2 Å². The number of allylic oxidation sites excluding steroid dienone is 3. The van der Waals surface area contributed by atoms with Crippen LogP contribution in [-0.4, -0.2) is 9.91 Å². The first-order valence-electron chi connectivity index (χ1n) is 4.91. The van der Waals surface area contributed by atoms with Gasteiger partial charge in [0.2, 0.25) is 0 Å². The summed E-state index contributed by atoms with van der Waals surface area (Å²) in [4.78, 5) is 15.4. The van der Waals surface area contributed by atoms with Crippen molar-refractivity contribution in [2.45, 2.75) is 17.9 Å². The third-order valence-electron chi connectivity index (χ3n) is 2.12. The van der Waals surface area contributed by atoms with Crippen molar-refractivity contribution >= 4 is 17.4 Å². The molecule has 0 saturated carbocycles. The molecule has 0 N–H and O–H groups in total. The molecule has 0 aliphatic heterocycles. The summed E-state index contributed by atoms with van der Waals surface area (Å²) in [5.74, 6) is 0. The highest BCUT2D eigenvalue weighted by atomic mass is 32.2. The van der Waals surface area contributed by atoms with Gasteiger partial charge in [-0.1, -0.05) is 30.0 Å². The average molecular weight is 234 g/mol. The number of thioether (sulfide) groups is 1. The molecule has 0 saturated heterocycles. The number of hydrogen-bond donors (Lipinski definition) is 0. The molecule has 0 aromatic carbocycles. The van der Waals surface area contributed by atoms with Crippen molar-refractivity contribution in [2.75, 3.05) is 0 Å². The van der Waals surface area contributed by atoms with E-state index in [0.29, 0.717) is 5.03 Å². The van der Waals surface area contributed by atoms with Crippen molar-refractivity contribution in [1.82, 2.24) is 4.98 Å². The van der Waals surface area contributed by atoms with Gasteiger partial charge in [-0.25, -0.2) is 4.98 Å². The highest BCUT2D eigenvalue weighted by molar-refractivity contribution is 8.03. The summed E-state index contributed by atoms with van der Waals surface area (Å²) >= 11 is 1.34. The SMILES string of the molecule is O=[N+]([O-])c1cccnc1SC1=CCCC=C1. The van der Waals surface area contributed by atoms with Crippen molar-refractivity contribution in [3.05, 3.63) is 51.6 Å². The first kappa shape index (κ1) is 10.9. The molecule has 0 atom stereocenters. The van der Waals surface area contributed by atoms with E-state index < -0.39 is 4.92 Å². The van der Waals surface area contributed by atoms with E-state index in [-0.39, 0.29) is 5.69 Å². The second-order valence-corrected chi connectivity index (χ2v) is 4.34. The molecular formula is C11H10N2O2S. The monoisotopic (exact) mass is 234 g/mol. The number of pyridine rings is 1. The van der Waals surface area contributed by atoms with Crippen LogP contribution in [-0.2, 0) is 0 Å². The molecule has 1 aromatic heterocycles. The van der Waals surface area contributed by atoms with E-state index >= 15 is 0 Å². The van der Waals surface area contributed by atoms with E-state index in [1.54, 1.807) is 12.3 Å². The fourth-order valence-corrected chi connectivity index (χ4v) is 2.33. The largest absolute Gasteiger partial charge is 0.301 e. The van der Waals surface area contributed by atoms with Gasteiger partial charge in [0.05, 0.1) is 4.92 Å². The summed E-state index contributed by atoms with van der Waals surface area (Å²) in [6.07, 6.45) is 9.71. The van der Waals surface area contributed by atoms with Gasteiger partial charge in [0.25, 0.3) is 0 Å². The maximum absolute atomic E-state index is 10.8. The second kappa shape index (κ2) is 4.94. The average Bonchev–Trinajstić information content (AvgIpc) is 2.31. The first-order valence-corrected chi connectivity index (χ1v) is 5.73. The lowest BCUT2D eigenvalue weighted by molar-refractivity contribution is -0.388. The minimum Gasteiger partial charge on any atom is -0.258 e. The summed E-state index contributed by atoms with van der Waals surface area (Å²) in [7, 11) is 0. The van der Waals surface area contributed by atoms with Gasteiger partial charge in [-0.3, -0.25) is 10.1 Å². The van der Waals surface area contributed by atoms with Crippen molar-refractivity contribution < 1.29 is 4.92 Å². The summed E-state index contributed by atoms with van der Waals surface area (Å²) in [6.45, 7) is 0. The highest BCUT2D eigenvalue weighted by Gasteiger charge is 2.15. The maximum atomic E-state index is 10.8. The van der Waals surface area contributed by atoms with Gasteiger partial charge >= 0.3 is 5.69 Å². The van der Waals surface area contributed by atoms with Crippen LogP contribution in [0.3, 0.4) is 0 Å². The summed E-state index contributed by atoms with van der Waals surface area (Å²) in [6, 6.07) is 3.05. The Bertz CT molecular complexity index is 469. The van der Waals surface area contributed by atoms with Gasteiger partial charge < -0.3 is 0 Å². The fraction of sp³-hybridized carbons (Fsp3) is 0.182. The molecule has 1 aliphatic rings. The summed E-state index contributed by atoms with van der Waals surface area (Å²) in [5, 5.41) is 11.2. The van der Waals surface area contributed by atoms with Crippen molar-refractivity contribution in [1.29, 1.82) is 0 Å².